The van der Waals surface area contributed by atoms with Gasteiger partial charge in [-0.3, -0.25) is 4.79 Å². The number of carbonyl (C=O) groups excluding carboxylic acids is 1. The van der Waals surface area contributed by atoms with Gasteiger partial charge in [0.05, 0.1) is 18.0 Å². The van der Waals surface area contributed by atoms with Gasteiger partial charge in [-0.25, -0.2) is 9.07 Å². The minimum Gasteiger partial charge on any atom is -0.391 e. The van der Waals surface area contributed by atoms with Gasteiger partial charge in [-0.2, -0.15) is 0 Å². The van der Waals surface area contributed by atoms with E-state index >= 15 is 0 Å². The molecular weight excluding hydrogens is 287 g/mol. The zero-order chi connectivity index (χ0) is 16.1. The largest absolute Gasteiger partial charge is 0.391 e. The minimum atomic E-state index is -0.596. The number of nitrogens with zero attached hydrogens (tertiary/aromatic N) is 3. The number of nitrogens with one attached hydrogen (secondary N) is 1. The lowest BCUT2D eigenvalue weighted by atomic mass is 10.0. The topological polar surface area (TPSA) is 80.0 Å². The molecule has 1 aromatic carbocycles. The molecule has 7 heteroatoms. The number of hydrogen-bond acceptors (Lipinski definition) is 4. The lowest BCUT2D eigenvalue weighted by Crippen LogP contribution is -2.35. The van der Waals surface area contributed by atoms with Gasteiger partial charge in [0.15, 0.2) is 5.69 Å². The fourth-order valence-electron chi connectivity index (χ4n) is 1.85. The maximum atomic E-state index is 12.9. The van der Waals surface area contributed by atoms with E-state index < -0.39 is 12.0 Å². The van der Waals surface area contributed by atoms with Crippen molar-refractivity contribution in [3.05, 3.63) is 42.0 Å². The molecule has 2 aromatic rings. The summed E-state index contributed by atoms with van der Waals surface area (Å²) in [6.07, 6.45) is 1.69. The SMILES string of the molecule is CCC(C)C(O)CNC(=O)c1cn(-c2ccc(F)cc2)nn1. The standard InChI is InChI=1S/C15H19FN4O2/c1-3-10(2)14(21)8-17-15(22)13-9-20(19-18-13)12-6-4-11(16)5-7-12/h4-7,9-10,14,21H,3,8H2,1-2H3,(H,17,22). The average Bonchev–Trinajstić information content (AvgIpc) is 3.02. The van der Waals surface area contributed by atoms with E-state index in [2.05, 4.69) is 15.6 Å². The first-order valence-electron chi connectivity index (χ1n) is 7.15. The third-order valence-electron chi connectivity index (χ3n) is 3.59. The summed E-state index contributed by atoms with van der Waals surface area (Å²) in [5, 5.41) is 20.1. The van der Waals surface area contributed by atoms with Crippen LogP contribution in [0.3, 0.4) is 0 Å². The smallest absolute Gasteiger partial charge is 0.273 e. The van der Waals surface area contributed by atoms with Gasteiger partial charge in [0.2, 0.25) is 0 Å². The number of hydrogen-bond donors (Lipinski definition) is 2. The molecule has 1 amide bonds. The third kappa shape index (κ3) is 3.88. The van der Waals surface area contributed by atoms with E-state index in [1.54, 1.807) is 12.1 Å². The van der Waals surface area contributed by atoms with Crippen molar-refractivity contribution in [2.24, 2.45) is 5.92 Å². The van der Waals surface area contributed by atoms with Crippen LogP contribution in [0.2, 0.25) is 0 Å². The molecule has 0 bridgehead atoms. The maximum absolute atomic E-state index is 12.9. The highest BCUT2D eigenvalue weighted by Gasteiger charge is 2.16. The highest BCUT2D eigenvalue weighted by molar-refractivity contribution is 5.91. The molecule has 0 saturated carbocycles. The Labute approximate surface area is 128 Å². The van der Waals surface area contributed by atoms with Gasteiger partial charge in [-0.1, -0.05) is 25.5 Å². The van der Waals surface area contributed by atoms with Crippen molar-refractivity contribution >= 4 is 5.91 Å². The molecule has 0 radical (unpaired) electrons. The van der Waals surface area contributed by atoms with Crippen molar-refractivity contribution in [3.63, 3.8) is 0 Å². The normalized spacial score (nSPS) is 13.6. The molecule has 0 aliphatic carbocycles. The van der Waals surface area contributed by atoms with Crippen LogP contribution in [0.4, 0.5) is 4.39 Å². The van der Waals surface area contributed by atoms with Gasteiger partial charge in [0.25, 0.3) is 5.91 Å². The van der Waals surface area contributed by atoms with Crippen molar-refractivity contribution in [1.29, 1.82) is 0 Å². The maximum Gasteiger partial charge on any atom is 0.273 e. The molecule has 118 valence electrons. The molecule has 0 aliphatic rings. The van der Waals surface area contributed by atoms with E-state index in [0.29, 0.717) is 5.69 Å². The first kappa shape index (κ1) is 16.1. The molecule has 0 spiro atoms. The predicted octanol–water partition coefficient (Wildman–Crippen LogP) is 1.54. The quantitative estimate of drug-likeness (QED) is 0.848. The summed E-state index contributed by atoms with van der Waals surface area (Å²) < 4.78 is 14.3. The monoisotopic (exact) mass is 306 g/mol. The van der Waals surface area contributed by atoms with Gasteiger partial charge >= 0.3 is 0 Å². The summed E-state index contributed by atoms with van der Waals surface area (Å²) in [6, 6.07) is 5.69. The van der Waals surface area contributed by atoms with E-state index in [1.807, 2.05) is 13.8 Å². The zero-order valence-corrected chi connectivity index (χ0v) is 12.5. The molecule has 2 rings (SSSR count). The van der Waals surface area contributed by atoms with Crippen LogP contribution in [-0.4, -0.2) is 38.7 Å². The van der Waals surface area contributed by atoms with Crippen LogP contribution in [0.15, 0.2) is 30.5 Å². The van der Waals surface area contributed by atoms with Crippen LogP contribution in [0, 0.1) is 11.7 Å². The molecule has 2 N–H and O–H groups in total. The highest BCUT2D eigenvalue weighted by Crippen LogP contribution is 2.09. The van der Waals surface area contributed by atoms with Crippen LogP contribution in [-0.2, 0) is 0 Å². The second kappa shape index (κ2) is 7.13. The summed E-state index contributed by atoms with van der Waals surface area (Å²) in [4.78, 5) is 12.0. The van der Waals surface area contributed by atoms with Crippen LogP contribution < -0.4 is 5.32 Å². The van der Waals surface area contributed by atoms with Gasteiger partial charge in [-0.05, 0) is 30.2 Å². The van der Waals surface area contributed by atoms with E-state index in [4.69, 9.17) is 0 Å². The molecule has 0 fully saturated rings. The Bertz CT molecular complexity index is 627. The van der Waals surface area contributed by atoms with Crippen molar-refractivity contribution in [1.82, 2.24) is 20.3 Å². The number of halogens is 1. The highest BCUT2D eigenvalue weighted by atomic mass is 19.1. The Morgan fingerprint density at radius 3 is 2.73 bits per heavy atom. The first-order chi connectivity index (χ1) is 10.5. The second-order valence-corrected chi connectivity index (χ2v) is 5.19. The summed E-state index contributed by atoms with van der Waals surface area (Å²) in [7, 11) is 0. The minimum absolute atomic E-state index is 0.107. The summed E-state index contributed by atoms with van der Waals surface area (Å²) >= 11 is 0. The Kier molecular flexibility index (Phi) is 5.21. The molecule has 22 heavy (non-hydrogen) atoms. The van der Waals surface area contributed by atoms with Gasteiger partial charge in [0, 0.05) is 6.54 Å². The van der Waals surface area contributed by atoms with Gasteiger partial charge in [0.1, 0.15) is 5.82 Å². The van der Waals surface area contributed by atoms with Gasteiger partial charge in [-0.15, -0.1) is 5.10 Å². The number of carbonyl (C=O) groups is 1. The number of aromatic nitrogens is 3. The molecule has 1 aromatic heterocycles. The summed E-state index contributed by atoms with van der Waals surface area (Å²) in [6.45, 7) is 4.06. The fourth-order valence-corrected chi connectivity index (χ4v) is 1.85. The Morgan fingerprint density at radius 1 is 1.41 bits per heavy atom. The number of aliphatic hydroxyl groups excluding tert-OH is 1. The van der Waals surface area contributed by atoms with Crippen molar-refractivity contribution in [2.75, 3.05) is 6.54 Å². The lowest BCUT2D eigenvalue weighted by molar-refractivity contribution is 0.0846. The van der Waals surface area contributed by atoms with Crippen LogP contribution in [0.1, 0.15) is 30.8 Å². The summed E-state index contributed by atoms with van der Waals surface area (Å²) in [5.41, 5.74) is 0.744. The van der Waals surface area contributed by atoms with E-state index in [9.17, 15) is 14.3 Å². The molecule has 6 nitrogen and oxygen atoms in total. The fraction of sp³-hybridized carbons (Fsp3) is 0.400. The van der Waals surface area contributed by atoms with E-state index in [-0.39, 0.29) is 24.0 Å². The lowest BCUT2D eigenvalue weighted by Gasteiger charge is -2.16. The Hall–Kier alpha value is -2.28. The van der Waals surface area contributed by atoms with Crippen molar-refractivity contribution in [3.8, 4) is 5.69 Å². The predicted molar refractivity (Wildman–Crippen MR) is 79.1 cm³/mol. The molecule has 1 heterocycles. The molecule has 0 aliphatic heterocycles. The number of amides is 1. The van der Waals surface area contributed by atoms with Crippen molar-refractivity contribution in [2.45, 2.75) is 26.4 Å². The van der Waals surface area contributed by atoms with Gasteiger partial charge < -0.3 is 10.4 Å². The molecule has 2 unspecified atom stereocenters. The van der Waals surface area contributed by atoms with Crippen molar-refractivity contribution < 1.29 is 14.3 Å². The second-order valence-electron chi connectivity index (χ2n) is 5.19. The Morgan fingerprint density at radius 2 is 2.09 bits per heavy atom. The molecular formula is C15H19FN4O2. The number of rotatable bonds is 6. The first-order valence-corrected chi connectivity index (χ1v) is 7.15. The van der Waals surface area contributed by atoms with E-state index in [0.717, 1.165) is 6.42 Å². The van der Waals surface area contributed by atoms with E-state index in [1.165, 1.54) is 23.0 Å². The Balaban J connectivity index is 1.99. The van der Waals surface area contributed by atoms with Crippen LogP contribution in [0.5, 0.6) is 0 Å². The third-order valence-corrected chi connectivity index (χ3v) is 3.59. The summed E-state index contributed by atoms with van der Waals surface area (Å²) in [5.74, 6) is -0.647. The average molecular weight is 306 g/mol. The van der Waals surface area contributed by atoms with Crippen LogP contribution >= 0.6 is 0 Å². The molecule has 0 saturated heterocycles. The van der Waals surface area contributed by atoms with Crippen LogP contribution in [0.25, 0.3) is 5.69 Å². The molecule has 2 atom stereocenters. The zero-order valence-electron chi connectivity index (χ0n) is 12.5. The number of aliphatic hydroxyl groups is 1. The number of benzene rings is 1.